The molecular weight excluding hydrogens is 280 g/mol. The zero-order valence-corrected chi connectivity index (χ0v) is 13.9. The number of anilines is 1. The van der Waals surface area contributed by atoms with E-state index in [4.69, 9.17) is 17.3 Å². The van der Waals surface area contributed by atoms with Crippen LogP contribution in [-0.4, -0.2) is 19.6 Å². The summed E-state index contributed by atoms with van der Waals surface area (Å²) in [4.78, 5) is 2.38. The van der Waals surface area contributed by atoms with Crippen LogP contribution in [0.2, 0.25) is 5.02 Å². The predicted molar refractivity (Wildman–Crippen MR) is 91.0 cm³/mol. The highest BCUT2D eigenvalue weighted by molar-refractivity contribution is 6.31. The molecule has 2 bridgehead atoms. The fourth-order valence-electron chi connectivity index (χ4n) is 4.34. The van der Waals surface area contributed by atoms with Crippen LogP contribution in [0.1, 0.15) is 38.2 Å². The van der Waals surface area contributed by atoms with Crippen LogP contribution in [0.5, 0.6) is 0 Å². The molecule has 2 aliphatic rings. The monoisotopic (exact) mass is 306 g/mol. The molecule has 4 atom stereocenters. The first-order chi connectivity index (χ1) is 10.0. The number of benzene rings is 1. The van der Waals surface area contributed by atoms with Gasteiger partial charge < -0.3 is 10.6 Å². The smallest absolute Gasteiger partial charge is 0.0459 e. The second kappa shape index (κ2) is 6.18. The van der Waals surface area contributed by atoms with Crippen molar-refractivity contribution < 1.29 is 0 Å². The zero-order valence-electron chi connectivity index (χ0n) is 13.2. The highest BCUT2D eigenvalue weighted by Gasteiger charge is 2.39. The van der Waals surface area contributed by atoms with E-state index in [1.165, 1.54) is 37.9 Å². The molecule has 2 N–H and O–H groups in total. The average Bonchev–Trinajstić information content (AvgIpc) is 3.03. The van der Waals surface area contributed by atoms with Gasteiger partial charge in [-0.25, -0.2) is 0 Å². The van der Waals surface area contributed by atoms with Crippen molar-refractivity contribution in [2.45, 2.75) is 45.1 Å². The molecule has 2 saturated carbocycles. The van der Waals surface area contributed by atoms with E-state index in [1.807, 2.05) is 6.92 Å². The average molecular weight is 307 g/mol. The maximum atomic E-state index is 6.41. The fraction of sp³-hybridized carbons (Fsp3) is 0.667. The zero-order chi connectivity index (χ0) is 15.0. The number of halogens is 1. The summed E-state index contributed by atoms with van der Waals surface area (Å²) in [6.45, 7) is 3.19. The van der Waals surface area contributed by atoms with Crippen LogP contribution < -0.4 is 10.6 Å². The van der Waals surface area contributed by atoms with E-state index in [1.54, 1.807) is 0 Å². The van der Waals surface area contributed by atoms with Crippen molar-refractivity contribution in [3.63, 3.8) is 0 Å². The van der Waals surface area contributed by atoms with Gasteiger partial charge in [-0.2, -0.15) is 0 Å². The van der Waals surface area contributed by atoms with Crippen molar-refractivity contribution in [3.8, 4) is 0 Å². The molecule has 2 aliphatic carbocycles. The van der Waals surface area contributed by atoms with E-state index in [9.17, 15) is 0 Å². The van der Waals surface area contributed by atoms with Crippen molar-refractivity contribution in [2.75, 3.05) is 18.5 Å². The Labute approximate surface area is 133 Å². The van der Waals surface area contributed by atoms with E-state index in [0.717, 1.165) is 34.8 Å². The fourth-order valence-corrected chi connectivity index (χ4v) is 4.60. The Balaban J connectivity index is 1.64. The molecule has 0 aromatic heterocycles. The van der Waals surface area contributed by atoms with Gasteiger partial charge >= 0.3 is 0 Å². The normalized spacial score (nSPS) is 28.9. The lowest BCUT2D eigenvalue weighted by atomic mass is 9.88. The molecule has 3 rings (SSSR count). The molecule has 1 aromatic carbocycles. The number of hydrogen-bond donors (Lipinski definition) is 1. The highest BCUT2D eigenvalue weighted by atomic mass is 35.5. The van der Waals surface area contributed by atoms with Crippen LogP contribution in [0.3, 0.4) is 0 Å². The van der Waals surface area contributed by atoms with Crippen LogP contribution in [0.4, 0.5) is 5.69 Å². The minimum Gasteiger partial charge on any atom is -0.374 e. The van der Waals surface area contributed by atoms with Gasteiger partial charge in [0, 0.05) is 30.3 Å². The largest absolute Gasteiger partial charge is 0.374 e. The standard InChI is InChI=1S/C18H27ClN2/c1-12(20)7-15-5-6-17(10-18(15)19)21(2)11-16-9-13-3-4-14(16)8-13/h5-6,10,12-14,16H,3-4,7-9,11,20H2,1-2H3. The first-order valence-electron chi connectivity index (χ1n) is 8.28. The number of hydrogen-bond acceptors (Lipinski definition) is 2. The van der Waals surface area contributed by atoms with Gasteiger partial charge in [0.05, 0.1) is 0 Å². The quantitative estimate of drug-likeness (QED) is 0.887. The summed E-state index contributed by atoms with van der Waals surface area (Å²) in [6, 6.07) is 6.59. The van der Waals surface area contributed by atoms with Crippen LogP contribution in [-0.2, 0) is 6.42 Å². The lowest BCUT2D eigenvalue weighted by molar-refractivity contribution is 0.337. The summed E-state index contributed by atoms with van der Waals surface area (Å²) in [7, 11) is 2.20. The van der Waals surface area contributed by atoms with Gasteiger partial charge in [-0.1, -0.05) is 24.1 Å². The van der Waals surface area contributed by atoms with Crippen molar-refractivity contribution in [2.24, 2.45) is 23.5 Å². The molecule has 1 aromatic rings. The molecule has 0 aliphatic heterocycles. The molecule has 0 heterocycles. The molecular formula is C18H27ClN2. The molecule has 0 saturated heterocycles. The summed E-state index contributed by atoms with van der Waals surface area (Å²) in [5.41, 5.74) is 8.25. The van der Waals surface area contributed by atoms with Gasteiger partial charge in [-0.05, 0) is 68.1 Å². The second-order valence-electron chi connectivity index (χ2n) is 7.27. The van der Waals surface area contributed by atoms with Crippen molar-refractivity contribution >= 4 is 17.3 Å². The third-order valence-electron chi connectivity index (χ3n) is 5.41. The highest BCUT2D eigenvalue weighted by Crippen LogP contribution is 2.48. The second-order valence-corrected chi connectivity index (χ2v) is 7.68. The third kappa shape index (κ3) is 3.37. The Hall–Kier alpha value is -0.730. The molecule has 2 nitrogen and oxygen atoms in total. The van der Waals surface area contributed by atoms with E-state index in [2.05, 4.69) is 30.1 Å². The summed E-state index contributed by atoms with van der Waals surface area (Å²) in [6.07, 6.45) is 6.69. The summed E-state index contributed by atoms with van der Waals surface area (Å²) in [5.74, 6) is 2.88. The number of nitrogens with zero attached hydrogens (tertiary/aromatic N) is 1. The van der Waals surface area contributed by atoms with Crippen LogP contribution in [0.15, 0.2) is 18.2 Å². The molecule has 4 unspecified atom stereocenters. The van der Waals surface area contributed by atoms with Crippen molar-refractivity contribution in [3.05, 3.63) is 28.8 Å². The Morgan fingerprint density at radius 3 is 2.71 bits per heavy atom. The Morgan fingerprint density at radius 1 is 1.33 bits per heavy atom. The number of nitrogens with two attached hydrogens (primary N) is 1. The van der Waals surface area contributed by atoms with Crippen LogP contribution in [0.25, 0.3) is 0 Å². The van der Waals surface area contributed by atoms with Crippen LogP contribution >= 0.6 is 11.6 Å². The lowest BCUT2D eigenvalue weighted by Gasteiger charge is -2.29. The number of rotatable bonds is 5. The SMILES string of the molecule is CC(N)Cc1ccc(N(C)CC2CC3CCC2C3)cc1Cl. The molecule has 0 spiro atoms. The maximum absolute atomic E-state index is 6.41. The summed E-state index contributed by atoms with van der Waals surface area (Å²) >= 11 is 6.41. The third-order valence-corrected chi connectivity index (χ3v) is 5.76. The first-order valence-corrected chi connectivity index (χ1v) is 8.66. The van der Waals surface area contributed by atoms with E-state index in [0.29, 0.717) is 0 Å². The minimum atomic E-state index is 0.153. The van der Waals surface area contributed by atoms with Crippen molar-refractivity contribution in [1.29, 1.82) is 0 Å². The molecule has 0 radical (unpaired) electrons. The van der Waals surface area contributed by atoms with Gasteiger partial charge in [0.15, 0.2) is 0 Å². The van der Waals surface area contributed by atoms with Gasteiger partial charge in [0.1, 0.15) is 0 Å². The molecule has 3 heteroatoms. The van der Waals surface area contributed by atoms with Crippen molar-refractivity contribution in [1.82, 2.24) is 0 Å². The van der Waals surface area contributed by atoms with E-state index in [-0.39, 0.29) is 6.04 Å². The lowest BCUT2D eigenvalue weighted by Crippen LogP contribution is -2.28. The Morgan fingerprint density at radius 2 is 2.14 bits per heavy atom. The molecule has 21 heavy (non-hydrogen) atoms. The topological polar surface area (TPSA) is 29.3 Å². The molecule has 0 amide bonds. The van der Waals surface area contributed by atoms with Gasteiger partial charge in [0.2, 0.25) is 0 Å². The van der Waals surface area contributed by atoms with Gasteiger partial charge in [0.25, 0.3) is 0 Å². The summed E-state index contributed by atoms with van der Waals surface area (Å²) in [5, 5.41) is 0.851. The summed E-state index contributed by atoms with van der Waals surface area (Å²) < 4.78 is 0. The van der Waals surface area contributed by atoms with Crippen LogP contribution in [0, 0.1) is 17.8 Å². The molecule has 2 fully saturated rings. The van der Waals surface area contributed by atoms with E-state index >= 15 is 0 Å². The van der Waals surface area contributed by atoms with Gasteiger partial charge in [-0.3, -0.25) is 0 Å². The maximum Gasteiger partial charge on any atom is 0.0459 e. The number of fused-ring (bicyclic) bond motifs is 2. The Kier molecular flexibility index (Phi) is 4.46. The van der Waals surface area contributed by atoms with Gasteiger partial charge in [-0.15, -0.1) is 0 Å². The molecule has 116 valence electrons. The van der Waals surface area contributed by atoms with E-state index < -0.39 is 0 Å². The predicted octanol–water partition coefficient (Wildman–Crippen LogP) is 4.10. The minimum absolute atomic E-state index is 0.153. The Bertz CT molecular complexity index is 500. The first kappa shape index (κ1) is 15.2.